The van der Waals surface area contributed by atoms with Crippen molar-refractivity contribution in [2.75, 3.05) is 12.8 Å². The number of pyridine rings is 1. The molecule has 5 nitrogen and oxygen atoms in total. The van der Waals surface area contributed by atoms with Gasteiger partial charge in [0, 0.05) is 18.6 Å². The Morgan fingerprint density at radius 3 is 2.53 bits per heavy atom. The minimum absolute atomic E-state index is 0.419. The zero-order valence-electron chi connectivity index (χ0n) is 8.21. The summed E-state index contributed by atoms with van der Waals surface area (Å²) in [5, 5.41) is 0. The number of aromatic nitrogens is 3. The third-order valence-electron chi connectivity index (χ3n) is 1.92. The van der Waals surface area contributed by atoms with Crippen molar-refractivity contribution in [3.8, 4) is 17.3 Å². The molecule has 0 aliphatic carbocycles. The molecule has 2 aromatic rings. The minimum atomic E-state index is 0.419. The molecule has 2 heterocycles. The Labute approximate surface area is 87.0 Å². The predicted octanol–water partition coefficient (Wildman–Crippen LogP) is 1.13. The zero-order valence-corrected chi connectivity index (χ0v) is 8.21. The van der Waals surface area contributed by atoms with Gasteiger partial charge in [-0.15, -0.1) is 0 Å². The fourth-order valence-corrected chi connectivity index (χ4v) is 1.25. The van der Waals surface area contributed by atoms with E-state index in [2.05, 4.69) is 15.0 Å². The number of hydrogen-bond donors (Lipinski definition) is 1. The van der Waals surface area contributed by atoms with Crippen LogP contribution in [-0.2, 0) is 0 Å². The minimum Gasteiger partial charge on any atom is -0.479 e. The van der Waals surface area contributed by atoms with Gasteiger partial charge >= 0.3 is 0 Å². The van der Waals surface area contributed by atoms with Crippen LogP contribution in [0, 0.1) is 0 Å². The molecule has 0 spiro atoms. The Kier molecular flexibility index (Phi) is 2.45. The Morgan fingerprint density at radius 1 is 1.07 bits per heavy atom. The van der Waals surface area contributed by atoms with E-state index in [1.165, 1.54) is 7.11 Å². The number of nitrogens with two attached hydrogens (primary N) is 1. The first kappa shape index (κ1) is 9.39. The van der Waals surface area contributed by atoms with Crippen LogP contribution in [0.4, 0.5) is 5.69 Å². The average molecular weight is 202 g/mol. The number of anilines is 1. The van der Waals surface area contributed by atoms with E-state index in [1.807, 2.05) is 0 Å². The monoisotopic (exact) mass is 202 g/mol. The molecule has 0 fully saturated rings. The molecule has 0 aromatic carbocycles. The predicted molar refractivity (Wildman–Crippen MR) is 56.2 cm³/mol. The quantitative estimate of drug-likeness (QED) is 0.790. The molecule has 0 amide bonds. The maximum absolute atomic E-state index is 5.79. The van der Waals surface area contributed by atoms with Crippen LogP contribution in [0.2, 0.25) is 0 Å². The summed E-state index contributed by atoms with van der Waals surface area (Å²) >= 11 is 0. The van der Waals surface area contributed by atoms with Crippen LogP contribution in [0.25, 0.3) is 11.4 Å². The van der Waals surface area contributed by atoms with Gasteiger partial charge < -0.3 is 10.5 Å². The van der Waals surface area contributed by atoms with Crippen molar-refractivity contribution in [3.63, 3.8) is 0 Å². The molecule has 0 saturated carbocycles. The van der Waals surface area contributed by atoms with E-state index in [-0.39, 0.29) is 0 Å². The van der Waals surface area contributed by atoms with Gasteiger partial charge in [0.25, 0.3) is 0 Å². The van der Waals surface area contributed by atoms with E-state index >= 15 is 0 Å². The maximum Gasteiger partial charge on any atom is 0.242 e. The second-order valence-electron chi connectivity index (χ2n) is 2.86. The molecule has 76 valence electrons. The van der Waals surface area contributed by atoms with Crippen LogP contribution >= 0.6 is 0 Å². The summed E-state index contributed by atoms with van der Waals surface area (Å²) in [7, 11) is 1.53. The third-order valence-corrected chi connectivity index (χ3v) is 1.92. The summed E-state index contributed by atoms with van der Waals surface area (Å²) in [5.74, 6) is 0.419. The molecule has 0 unspecified atom stereocenters. The Hall–Kier alpha value is -2.17. The average Bonchev–Trinajstić information content (AvgIpc) is 2.30. The SMILES string of the molecule is COc1nccnc1-c1ncccc1N. The van der Waals surface area contributed by atoms with Gasteiger partial charge in [-0.1, -0.05) is 0 Å². The molecule has 0 aliphatic heterocycles. The molecular weight excluding hydrogens is 192 g/mol. The van der Waals surface area contributed by atoms with E-state index in [0.717, 1.165) is 0 Å². The molecule has 0 saturated heterocycles. The number of nitrogen functional groups attached to an aromatic ring is 1. The Balaban J connectivity index is 2.59. The molecule has 0 aliphatic rings. The summed E-state index contributed by atoms with van der Waals surface area (Å²) < 4.78 is 5.09. The lowest BCUT2D eigenvalue weighted by Crippen LogP contribution is -1.98. The van der Waals surface area contributed by atoms with Crippen molar-refractivity contribution < 1.29 is 4.74 Å². The Bertz CT molecular complexity index is 472. The van der Waals surface area contributed by atoms with Crippen LogP contribution < -0.4 is 10.5 Å². The van der Waals surface area contributed by atoms with E-state index in [0.29, 0.717) is 23.0 Å². The lowest BCUT2D eigenvalue weighted by molar-refractivity contribution is 0.397. The summed E-state index contributed by atoms with van der Waals surface area (Å²) in [5.41, 5.74) is 7.48. The molecule has 2 rings (SSSR count). The second kappa shape index (κ2) is 3.91. The van der Waals surface area contributed by atoms with Crippen molar-refractivity contribution in [2.24, 2.45) is 0 Å². The summed E-state index contributed by atoms with van der Waals surface area (Å²) in [6.07, 6.45) is 4.78. The van der Waals surface area contributed by atoms with E-state index in [4.69, 9.17) is 10.5 Å². The van der Waals surface area contributed by atoms with E-state index in [1.54, 1.807) is 30.7 Å². The number of hydrogen-bond acceptors (Lipinski definition) is 5. The standard InChI is InChI=1S/C10H10N4O/c1-15-10-9(13-5-6-14-10)8-7(11)3-2-4-12-8/h2-6H,11H2,1H3. The second-order valence-corrected chi connectivity index (χ2v) is 2.86. The van der Waals surface area contributed by atoms with Gasteiger partial charge in [-0.25, -0.2) is 9.97 Å². The third kappa shape index (κ3) is 1.71. The lowest BCUT2D eigenvalue weighted by atomic mass is 10.2. The number of methoxy groups -OCH3 is 1. The van der Waals surface area contributed by atoms with Crippen LogP contribution in [0.3, 0.4) is 0 Å². The molecule has 2 aromatic heterocycles. The van der Waals surface area contributed by atoms with Crippen LogP contribution in [0.1, 0.15) is 0 Å². The highest BCUT2D eigenvalue weighted by molar-refractivity contribution is 5.72. The fraction of sp³-hybridized carbons (Fsp3) is 0.100. The molecule has 0 atom stereocenters. The molecule has 5 heteroatoms. The van der Waals surface area contributed by atoms with Crippen LogP contribution in [0.5, 0.6) is 5.88 Å². The van der Waals surface area contributed by atoms with Gasteiger partial charge in [0.1, 0.15) is 5.69 Å². The van der Waals surface area contributed by atoms with Gasteiger partial charge in [0.05, 0.1) is 12.8 Å². The smallest absolute Gasteiger partial charge is 0.242 e. The van der Waals surface area contributed by atoms with E-state index < -0.39 is 0 Å². The van der Waals surface area contributed by atoms with Crippen molar-refractivity contribution >= 4 is 5.69 Å². The van der Waals surface area contributed by atoms with Gasteiger partial charge in [-0.3, -0.25) is 4.98 Å². The van der Waals surface area contributed by atoms with Crippen LogP contribution in [0.15, 0.2) is 30.7 Å². The highest BCUT2D eigenvalue weighted by Gasteiger charge is 2.11. The topological polar surface area (TPSA) is 73.9 Å². The first-order valence-corrected chi connectivity index (χ1v) is 4.39. The van der Waals surface area contributed by atoms with Gasteiger partial charge in [0.15, 0.2) is 5.69 Å². The first-order chi connectivity index (χ1) is 7.33. The summed E-state index contributed by atoms with van der Waals surface area (Å²) in [6, 6.07) is 3.53. The molecule has 0 bridgehead atoms. The molecule has 0 radical (unpaired) electrons. The number of nitrogens with zero attached hydrogens (tertiary/aromatic N) is 3. The van der Waals surface area contributed by atoms with Gasteiger partial charge in [-0.05, 0) is 12.1 Å². The van der Waals surface area contributed by atoms with Crippen molar-refractivity contribution in [1.29, 1.82) is 0 Å². The van der Waals surface area contributed by atoms with Gasteiger partial charge in [0.2, 0.25) is 5.88 Å². The normalized spacial score (nSPS) is 9.93. The molecular formula is C10H10N4O. The van der Waals surface area contributed by atoms with Crippen molar-refractivity contribution in [2.45, 2.75) is 0 Å². The summed E-state index contributed by atoms with van der Waals surface area (Å²) in [4.78, 5) is 12.3. The molecule has 2 N–H and O–H groups in total. The van der Waals surface area contributed by atoms with E-state index in [9.17, 15) is 0 Å². The largest absolute Gasteiger partial charge is 0.479 e. The first-order valence-electron chi connectivity index (χ1n) is 4.39. The highest BCUT2D eigenvalue weighted by atomic mass is 16.5. The number of rotatable bonds is 2. The summed E-state index contributed by atoms with van der Waals surface area (Å²) in [6.45, 7) is 0. The van der Waals surface area contributed by atoms with Gasteiger partial charge in [-0.2, -0.15) is 0 Å². The highest BCUT2D eigenvalue weighted by Crippen LogP contribution is 2.27. The molecule has 15 heavy (non-hydrogen) atoms. The zero-order chi connectivity index (χ0) is 10.7. The lowest BCUT2D eigenvalue weighted by Gasteiger charge is -2.06. The maximum atomic E-state index is 5.79. The number of ether oxygens (including phenoxy) is 1. The fourth-order valence-electron chi connectivity index (χ4n) is 1.25. The Morgan fingerprint density at radius 2 is 1.80 bits per heavy atom. The van der Waals surface area contributed by atoms with Crippen molar-refractivity contribution in [3.05, 3.63) is 30.7 Å². The van der Waals surface area contributed by atoms with Crippen molar-refractivity contribution in [1.82, 2.24) is 15.0 Å². The van der Waals surface area contributed by atoms with Crippen LogP contribution in [-0.4, -0.2) is 22.1 Å².